The number of primary amides is 1. The van der Waals surface area contributed by atoms with Crippen molar-refractivity contribution in [2.75, 3.05) is 189 Å². The fourth-order valence-electron chi connectivity index (χ4n) is 7.71. The van der Waals surface area contributed by atoms with Crippen LogP contribution in [0, 0.1) is 0 Å². The molecule has 9 N–H and O–H groups in total. The predicted octanol–water partition coefficient (Wildman–Crippen LogP) is 3.88. The van der Waals surface area contributed by atoms with Crippen LogP contribution >= 0.6 is 12.2 Å². The number of aromatic carboxylic acids is 1. The van der Waals surface area contributed by atoms with Crippen molar-refractivity contribution in [1.82, 2.24) is 16.0 Å². The van der Waals surface area contributed by atoms with Crippen LogP contribution in [0.5, 0.6) is 5.75 Å². The second-order valence-corrected chi connectivity index (χ2v) is 18.4. The van der Waals surface area contributed by atoms with Gasteiger partial charge >= 0.3 is 12.0 Å². The van der Waals surface area contributed by atoms with Gasteiger partial charge in [-0.2, -0.15) is 0 Å². The van der Waals surface area contributed by atoms with E-state index in [1.54, 1.807) is 42.5 Å². The highest BCUT2D eigenvalue weighted by Crippen LogP contribution is 2.42. The monoisotopic (exact) mass is 1210 g/mol. The minimum Gasteiger partial charge on any atom is -0.508 e. The van der Waals surface area contributed by atoms with Crippen LogP contribution in [0.25, 0.3) is 33.4 Å². The van der Waals surface area contributed by atoms with Crippen molar-refractivity contribution in [3.05, 3.63) is 100 Å². The Morgan fingerprint density at radius 1 is 0.494 bits per heavy atom. The third kappa shape index (κ3) is 28.7. The summed E-state index contributed by atoms with van der Waals surface area (Å²) in [5.41, 5.74) is 7.76. The summed E-state index contributed by atoms with van der Waals surface area (Å²) in [6.07, 6.45) is 0.163. The van der Waals surface area contributed by atoms with Crippen LogP contribution in [-0.2, 0) is 61.6 Å². The van der Waals surface area contributed by atoms with Crippen LogP contribution in [0.3, 0.4) is 0 Å². The summed E-state index contributed by atoms with van der Waals surface area (Å²) in [7, 11) is 0. The van der Waals surface area contributed by atoms with Crippen LogP contribution in [-0.4, -0.2) is 217 Å². The normalized spacial score (nSPS) is 11.2. The molecule has 0 aromatic heterocycles. The van der Waals surface area contributed by atoms with Gasteiger partial charge in [-0.1, -0.05) is 12.1 Å². The molecule has 1 aliphatic carbocycles. The summed E-state index contributed by atoms with van der Waals surface area (Å²) in [6, 6.07) is 19.3. The Balaban J connectivity index is 0.704. The second-order valence-electron chi connectivity index (χ2n) is 18.0. The molecule has 466 valence electrons. The average molecular weight is 1210 g/mol. The molecule has 0 atom stereocenters. The zero-order valence-electron chi connectivity index (χ0n) is 47.5. The standard InChI is InChI=1S/C58H78N6O20S/c59-57(71)63-43-3-1-2-42(38-43)55(68)61-13-15-73-17-19-75-21-23-77-25-27-79-29-31-81-33-35-83-37-36-82-34-32-80-30-28-78-26-24-76-22-20-74-18-16-72-14-10-53(67)60-11-12-62-58(85)64-44-4-7-47(50(39-44)56(69)70)54-48-8-5-45(65)40-51(48)84-52-41-46(66)6-9-49(52)54/h1-9,38-41,65H,10-37H2,(H,60,67)(H,61,68)(H,69,70)(H3,59,63,71)(H2,62,64,85). The van der Waals surface area contributed by atoms with E-state index in [4.69, 9.17) is 79.2 Å². The maximum absolute atomic E-state index is 12.5. The van der Waals surface area contributed by atoms with Crippen LogP contribution < -0.4 is 37.7 Å². The van der Waals surface area contributed by atoms with E-state index in [-0.39, 0.29) is 64.6 Å². The van der Waals surface area contributed by atoms with Crippen LogP contribution in [0.1, 0.15) is 27.1 Å². The number of amides is 4. The molecule has 1 aliphatic heterocycles. The van der Waals surface area contributed by atoms with E-state index in [1.165, 1.54) is 36.4 Å². The Morgan fingerprint density at radius 2 is 0.976 bits per heavy atom. The lowest BCUT2D eigenvalue weighted by Gasteiger charge is -2.18. The predicted molar refractivity (Wildman–Crippen MR) is 317 cm³/mol. The van der Waals surface area contributed by atoms with Crippen LogP contribution in [0.2, 0.25) is 0 Å². The molecule has 5 rings (SSSR count). The first-order chi connectivity index (χ1) is 41.5. The molecule has 0 bridgehead atoms. The van der Waals surface area contributed by atoms with Crippen molar-refractivity contribution < 1.29 is 90.7 Å². The van der Waals surface area contributed by atoms with Crippen LogP contribution in [0.4, 0.5) is 16.2 Å². The van der Waals surface area contributed by atoms with E-state index in [0.29, 0.717) is 204 Å². The molecule has 3 aromatic rings. The number of thiocarbonyl (C=S) groups is 1. The fourth-order valence-corrected chi connectivity index (χ4v) is 7.93. The van der Waals surface area contributed by atoms with E-state index in [0.717, 1.165) is 0 Å². The number of aromatic hydroxyl groups is 1. The Bertz CT molecular complexity index is 2810. The molecule has 1 heterocycles. The first-order valence-corrected chi connectivity index (χ1v) is 28.2. The lowest BCUT2D eigenvalue weighted by atomic mass is 9.90. The van der Waals surface area contributed by atoms with Crippen molar-refractivity contribution in [2.24, 2.45) is 5.73 Å². The molecule has 2 aliphatic rings. The number of ether oxygens (including phenoxy) is 12. The first kappa shape index (κ1) is 68.8. The van der Waals surface area contributed by atoms with Gasteiger partial charge in [0, 0.05) is 71.6 Å². The Labute approximate surface area is 497 Å². The van der Waals surface area contributed by atoms with Gasteiger partial charge in [0.25, 0.3) is 5.91 Å². The van der Waals surface area contributed by atoms with Crippen LogP contribution in [0.15, 0.2) is 88.1 Å². The smallest absolute Gasteiger partial charge is 0.336 e. The minimum atomic E-state index is -1.19. The summed E-state index contributed by atoms with van der Waals surface area (Å²) in [4.78, 5) is 60.2. The number of nitrogens with one attached hydrogen (secondary N) is 5. The minimum absolute atomic E-state index is 0.0302. The molecule has 0 spiro atoms. The number of rotatable bonds is 47. The zero-order valence-corrected chi connectivity index (χ0v) is 48.3. The molecule has 27 heteroatoms. The molecule has 4 amide bonds. The Morgan fingerprint density at radius 3 is 1.49 bits per heavy atom. The number of carboxylic acids is 1. The molecule has 3 aromatic carbocycles. The average Bonchev–Trinajstić information content (AvgIpc) is 2.09. The molecule has 0 unspecified atom stereocenters. The van der Waals surface area contributed by atoms with Gasteiger partial charge in [0.2, 0.25) is 5.91 Å². The van der Waals surface area contributed by atoms with Gasteiger partial charge in [0.15, 0.2) is 10.5 Å². The lowest BCUT2D eigenvalue weighted by Crippen LogP contribution is -2.36. The number of urea groups is 1. The summed E-state index contributed by atoms with van der Waals surface area (Å²) in [5.74, 6) is -1.48. The van der Waals surface area contributed by atoms with Gasteiger partial charge < -0.3 is 104 Å². The summed E-state index contributed by atoms with van der Waals surface area (Å²) >= 11 is 5.41. The zero-order chi connectivity index (χ0) is 60.5. The van der Waals surface area contributed by atoms with E-state index < -0.39 is 12.0 Å². The summed E-state index contributed by atoms with van der Waals surface area (Å²) in [5, 5.41) is 35.0. The van der Waals surface area contributed by atoms with Crippen molar-refractivity contribution in [3.8, 4) is 28.2 Å². The van der Waals surface area contributed by atoms with Crippen molar-refractivity contribution in [1.29, 1.82) is 0 Å². The second kappa shape index (κ2) is 42.0. The quantitative estimate of drug-likeness (QED) is 0.0156. The third-order valence-corrected chi connectivity index (χ3v) is 11.9. The van der Waals surface area contributed by atoms with Gasteiger partial charge in [-0.3, -0.25) is 14.4 Å². The summed E-state index contributed by atoms with van der Waals surface area (Å²) < 4.78 is 71.9. The van der Waals surface area contributed by atoms with Gasteiger partial charge in [-0.15, -0.1) is 0 Å². The molecular weight excluding hydrogens is 1130 g/mol. The van der Waals surface area contributed by atoms with E-state index in [1.807, 2.05) is 0 Å². The van der Waals surface area contributed by atoms with Gasteiger partial charge in [-0.25, -0.2) is 9.59 Å². The first-order valence-electron chi connectivity index (χ1n) is 27.7. The Hall–Kier alpha value is -6.96. The van der Waals surface area contributed by atoms with Gasteiger partial charge in [-0.05, 0) is 72.4 Å². The number of carbonyl (C=O) groups excluding carboxylic acids is 3. The number of fused-ring (bicyclic) bond motifs is 2. The number of hydrogen-bond acceptors (Lipinski definition) is 20. The highest BCUT2D eigenvalue weighted by molar-refractivity contribution is 7.80. The van der Waals surface area contributed by atoms with E-state index in [9.17, 15) is 34.2 Å². The number of anilines is 2. The number of nitrogens with two attached hydrogens (primary N) is 1. The van der Waals surface area contributed by atoms with Crippen molar-refractivity contribution in [3.63, 3.8) is 0 Å². The highest BCUT2D eigenvalue weighted by Gasteiger charge is 2.23. The number of benzene rings is 4. The topological polar surface area (TPSA) is 336 Å². The number of phenols is 1. The summed E-state index contributed by atoms with van der Waals surface area (Å²) in [6.45, 7) is 10.7. The molecule has 0 fully saturated rings. The molecular formula is C58H78N6O20S. The largest absolute Gasteiger partial charge is 0.508 e. The number of carboxylic acid groups (broad SMARTS) is 1. The van der Waals surface area contributed by atoms with E-state index >= 15 is 0 Å². The maximum Gasteiger partial charge on any atom is 0.336 e. The highest BCUT2D eigenvalue weighted by atomic mass is 32.1. The maximum atomic E-state index is 12.5. The van der Waals surface area contributed by atoms with E-state index in [2.05, 4.69) is 26.6 Å². The number of carbonyl (C=O) groups is 4. The molecule has 0 saturated heterocycles. The van der Waals surface area contributed by atoms with Crippen molar-refractivity contribution >= 4 is 63.5 Å². The lowest BCUT2D eigenvalue weighted by molar-refractivity contribution is -0.122. The fraction of sp³-hybridized carbons (Fsp3) is 0.483. The SMILES string of the molecule is NC(=O)Nc1cccc(C(=O)NCCOCCOCCOCCOCCOCCOCCOCCOCCOCCOCCOCCOCCC(=O)NCCNC(=S)Nc2ccc(-c3c4ccc(=O)cc-4oc4cc(O)ccc34)c(C(=O)O)c2)c1. The third-order valence-electron chi connectivity index (χ3n) is 11.7. The number of phenolic OH excluding ortho intramolecular Hbond substituents is 1. The molecule has 85 heavy (non-hydrogen) atoms. The van der Waals surface area contributed by atoms with Gasteiger partial charge in [0.1, 0.15) is 17.1 Å². The molecule has 0 radical (unpaired) electrons. The van der Waals surface area contributed by atoms with Gasteiger partial charge in [0.05, 0.1) is 164 Å². The molecule has 0 saturated carbocycles. The Kier molecular flexibility index (Phi) is 34.0. The number of hydrogen-bond donors (Lipinski definition) is 8. The molecule has 26 nitrogen and oxygen atoms in total. The van der Waals surface area contributed by atoms with Crippen molar-refractivity contribution in [2.45, 2.75) is 6.42 Å².